The Morgan fingerprint density at radius 1 is 1.24 bits per heavy atom. The van der Waals surface area contributed by atoms with Crippen LogP contribution in [0.25, 0.3) is 11.0 Å². The first-order valence-corrected chi connectivity index (χ1v) is 8.46. The van der Waals surface area contributed by atoms with E-state index in [1.54, 1.807) is 0 Å². The number of benzene rings is 1. The summed E-state index contributed by atoms with van der Waals surface area (Å²) in [5, 5.41) is 0.743. The van der Waals surface area contributed by atoms with Gasteiger partial charge in [0, 0.05) is 32.1 Å². The molecule has 1 heterocycles. The summed E-state index contributed by atoms with van der Waals surface area (Å²) in [6.45, 7) is 4.64. The van der Waals surface area contributed by atoms with Crippen molar-refractivity contribution in [3.8, 4) is 0 Å². The summed E-state index contributed by atoms with van der Waals surface area (Å²) in [4.78, 5) is 4.64. The molecule has 1 aromatic carbocycles. The van der Waals surface area contributed by atoms with Crippen LogP contribution in [0, 0.1) is 0 Å². The lowest BCUT2D eigenvalue weighted by molar-refractivity contribution is 0.126. The molecule has 3 nitrogen and oxygen atoms in total. The van der Waals surface area contributed by atoms with Crippen LogP contribution in [0.1, 0.15) is 32.0 Å². The fourth-order valence-electron chi connectivity index (χ4n) is 2.38. The second-order valence-electron chi connectivity index (χ2n) is 5.05. The van der Waals surface area contributed by atoms with Gasteiger partial charge in [-0.1, -0.05) is 31.0 Å². The van der Waals surface area contributed by atoms with E-state index in [0.29, 0.717) is 5.88 Å². The normalized spacial score (nSPS) is 11.4. The summed E-state index contributed by atoms with van der Waals surface area (Å²) in [7, 11) is 0. The first-order valence-electron chi connectivity index (χ1n) is 7.55. The molecule has 0 aliphatic rings. The van der Waals surface area contributed by atoms with Crippen LogP contribution in [0.5, 0.6) is 0 Å². The van der Waals surface area contributed by atoms with Gasteiger partial charge in [0.15, 0.2) is 0 Å². The Kier molecular flexibility index (Phi) is 6.81. The molecule has 116 valence electrons. The van der Waals surface area contributed by atoms with E-state index in [1.165, 1.54) is 6.42 Å². The quantitative estimate of drug-likeness (QED) is 0.493. The van der Waals surface area contributed by atoms with Gasteiger partial charge in [-0.05, 0) is 25.0 Å². The summed E-state index contributed by atoms with van der Waals surface area (Å²) in [5.41, 5.74) is 1.95. The van der Waals surface area contributed by atoms with Gasteiger partial charge in [0.05, 0.1) is 16.1 Å². The van der Waals surface area contributed by atoms with E-state index in [9.17, 15) is 0 Å². The molecular formula is C16H22Cl2N2O. The van der Waals surface area contributed by atoms with Crippen LogP contribution in [-0.4, -0.2) is 28.6 Å². The predicted molar refractivity (Wildman–Crippen MR) is 89.5 cm³/mol. The number of imidazole rings is 1. The van der Waals surface area contributed by atoms with Crippen LogP contribution in [0.3, 0.4) is 0 Å². The molecule has 0 N–H and O–H groups in total. The van der Waals surface area contributed by atoms with E-state index >= 15 is 0 Å². The topological polar surface area (TPSA) is 27.1 Å². The number of halogens is 2. The van der Waals surface area contributed by atoms with Gasteiger partial charge in [-0.15, -0.1) is 11.6 Å². The fraction of sp³-hybridized carbons (Fsp3) is 0.562. The lowest BCUT2D eigenvalue weighted by Crippen LogP contribution is -2.08. The van der Waals surface area contributed by atoms with Gasteiger partial charge in [-0.2, -0.15) is 0 Å². The van der Waals surface area contributed by atoms with E-state index in [1.807, 2.05) is 18.2 Å². The first kappa shape index (κ1) is 16.6. The van der Waals surface area contributed by atoms with Crippen LogP contribution in [0.2, 0.25) is 5.02 Å². The van der Waals surface area contributed by atoms with Crippen molar-refractivity contribution in [2.45, 2.75) is 39.2 Å². The Hall–Kier alpha value is -0.770. The molecule has 0 unspecified atom stereocenters. The number of aromatic nitrogens is 2. The average molecular weight is 329 g/mol. The number of alkyl halides is 1. The number of hydrogen-bond donors (Lipinski definition) is 0. The van der Waals surface area contributed by atoms with Crippen molar-refractivity contribution in [1.82, 2.24) is 9.55 Å². The highest BCUT2D eigenvalue weighted by Crippen LogP contribution is 2.25. The monoisotopic (exact) mass is 328 g/mol. The van der Waals surface area contributed by atoms with E-state index in [4.69, 9.17) is 27.9 Å². The summed E-state index contributed by atoms with van der Waals surface area (Å²) in [6.07, 6.45) is 4.00. The number of nitrogens with zero attached hydrogens (tertiary/aromatic N) is 2. The van der Waals surface area contributed by atoms with Crippen LogP contribution in [0.15, 0.2) is 18.2 Å². The van der Waals surface area contributed by atoms with Crippen LogP contribution < -0.4 is 0 Å². The Morgan fingerprint density at radius 3 is 2.81 bits per heavy atom. The molecule has 0 aliphatic carbocycles. The summed E-state index contributed by atoms with van der Waals surface area (Å²) in [5.74, 6) is 1.56. The maximum atomic E-state index is 6.33. The summed E-state index contributed by atoms with van der Waals surface area (Å²) >= 11 is 12.2. The average Bonchev–Trinajstić information content (AvgIpc) is 2.82. The second kappa shape index (κ2) is 8.62. The minimum Gasteiger partial charge on any atom is -0.381 e. The number of hydrogen-bond acceptors (Lipinski definition) is 2. The molecule has 21 heavy (non-hydrogen) atoms. The number of para-hydroxylation sites is 1. The highest BCUT2D eigenvalue weighted by molar-refractivity contribution is 6.35. The zero-order valence-corrected chi connectivity index (χ0v) is 14.0. The number of aryl methyl sites for hydroxylation is 2. The molecule has 0 saturated heterocycles. The van der Waals surface area contributed by atoms with Crippen molar-refractivity contribution in [3.05, 3.63) is 29.0 Å². The van der Waals surface area contributed by atoms with E-state index in [-0.39, 0.29) is 0 Å². The molecule has 1 aromatic heterocycles. The van der Waals surface area contributed by atoms with Gasteiger partial charge in [-0.25, -0.2) is 4.98 Å². The van der Waals surface area contributed by atoms with Gasteiger partial charge in [0.1, 0.15) is 5.82 Å². The minimum atomic E-state index is 0.563. The summed E-state index contributed by atoms with van der Waals surface area (Å²) in [6, 6.07) is 5.83. The largest absolute Gasteiger partial charge is 0.381 e. The van der Waals surface area contributed by atoms with Crippen molar-refractivity contribution < 1.29 is 4.74 Å². The molecule has 2 rings (SSSR count). The fourth-order valence-corrected chi connectivity index (χ4v) is 2.82. The predicted octanol–water partition coefficient (Wildman–Crippen LogP) is 4.68. The van der Waals surface area contributed by atoms with Gasteiger partial charge in [0.2, 0.25) is 0 Å². The van der Waals surface area contributed by atoms with Gasteiger partial charge >= 0.3 is 0 Å². The third-order valence-electron chi connectivity index (χ3n) is 3.43. The highest BCUT2D eigenvalue weighted by Gasteiger charge is 2.12. The molecule has 0 aliphatic heterocycles. The van der Waals surface area contributed by atoms with E-state index in [0.717, 1.165) is 60.9 Å². The molecule has 2 aromatic rings. The van der Waals surface area contributed by atoms with Crippen molar-refractivity contribution in [1.29, 1.82) is 0 Å². The lowest BCUT2D eigenvalue weighted by atomic mass is 10.3. The first-order chi connectivity index (χ1) is 10.3. The van der Waals surface area contributed by atoms with Crippen molar-refractivity contribution in [2.75, 3.05) is 19.1 Å². The minimum absolute atomic E-state index is 0.563. The zero-order valence-electron chi connectivity index (χ0n) is 12.4. The number of unbranched alkanes of at least 4 members (excludes halogenated alkanes) is 1. The zero-order chi connectivity index (χ0) is 15.1. The van der Waals surface area contributed by atoms with Crippen molar-refractivity contribution in [3.63, 3.8) is 0 Å². The standard InChI is InChI=1S/C16H22Cl2N2O/c1-2-3-11-21-12-5-10-20-15(8-9-17)19-14-7-4-6-13(18)16(14)20/h4,6-7H,2-3,5,8-12H2,1H3. The van der Waals surface area contributed by atoms with Gasteiger partial charge in [0.25, 0.3) is 0 Å². The Balaban J connectivity index is 2.07. The second-order valence-corrected chi connectivity index (χ2v) is 5.83. The number of fused-ring (bicyclic) bond motifs is 1. The van der Waals surface area contributed by atoms with Crippen LogP contribution >= 0.6 is 23.2 Å². The molecule has 0 spiro atoms. The molecular weight excluding hydrogens is 307 g/mol. The molecule has 0 bridgehead atoms. The SMILES string of the molecule is CCCCOCCCn1c(CCCl)nc2cccc(Cl)c21. The molecule has 0 atom stereocenters. The van der Waals surface area contributed by atoms with Crippen LogP contribution in [0.4, 0.5) is 0 Å². The van der Waals surface area contributed by atoms with E-state index in [2.05, 4.69) is 16.5 Å². The third-order valence-corrected chi connectivity index (χ3v) is 3.92. The van der Waals surface area contributed by atoms with Crippen LogP contribution in [-0.2, 0) is 17.7 Å². The Morgan fingerprint density at radius 2 is 2.05 bits per heavy atom. The lowest BCUT2D eigenvalue weighted by Gasteiger charge is -2.09. The molecule has 5 heteroatoms. The smallest absolute Gasteiger partial charge is 0.111 e. The Bertz CT molecular complexity index is 569. The number of ether oxygens (including phenoxy) is 1. The maximum absolute atomic E-state index is 6.33. The van der Waals surface area contributed by atoms with Crippen molar-refractivity contribution >= 4 is 34.2 Å². The highest BCUT2D eigenvalue weighted by atomic mass is 35.5. The molecule has 0 fully saturated rings. The van der Waals surface area contributed by atoms with Crippen molar-refractivity contribution in [2.24, 2.45) is 0 Å². The van der Waals surface area contributed by atoms with Gasteiger partial charge in [-0.3, -0.25) is 0 Å². The molecule has 0 radical (unpaired) electrons. The maximum Gasteiger partial charge on any atom is 0.111 e. The molecule has 0 amide bonds. The van der Waals surface area contributed by atoms with E-state index < -0.39 is 0 Å². The number of rotatable bonds is 9. The van der Waals surface area contributed by atoms with Gasteiger partial charge < -0.3 is 9.30 Å². The third kappa shape index (κ3) is 4.35. The Labute approximate surface area is 136 Å². The molecule has 0 saturated carbocycles. The summed E-state index contributed by atoms with van der Waals surface area (Å²) < 4.78 is 7.81.